The molecule has 5 heteroatoms. The molecule has 1 heterocycles. The number of thiazole rings is 1. The maximum Gasteiger partial charge on any atom is 0.124 e. The van der Waals surface area contributed by atoms with E-state index >= 15 is 0 Å². The second-order valence-corrected chi connectivity index (χ2v) is 5.50. The topological polar surface area (TPSA) is 31.4 Å². The van der Waals surface area contributed by atoms with Crippen LogP contribution in [0.25, 0.3) is 21.8 Å². The summed E-state index contributed by atoms with van der Waals surface area (Å²) in [5.41, 5.74) is 2.63. The number of aromatic nitrogens is 1. The lowest BCUT2D eigenvalue weighted by atomic mass is 10.1. The molecule has 0 fully saturated rings. The number of hydrogen-bond donors (Lipinski definition) is 0. The molecule has 0 amide bonds. The van der Waals surface area contributed by atoms with Crippen molar-refractivity contribution < 1.29 is 13.9 Å². The van der Waals surface area contributed by atoms with Gasteiger partial charge in [-0.3, -0.25) is 0 Å². The second kappa shape index (κ2) is 6.15. The van der Waals surface area contributed by atoms with Gasteiger partial charge in [0, 0.05) is 22.6 Å². The molecule has 112 valence electrons. The molecule has 0 radical (unpaired) electrons. The summed E-state index contributed by atoms with van der Waals surface area (Å²) in [5.74, 6) is 1.18. The molecule has 1 aromatic heterocycles. The van der Waals surface area contributed by atoms with Crippen LogP contribution in [0.5, 0.6) is 11.5 Å². The SMILES string of the molecule is COc1cc(OC)cc(-c2nc(-c3ccc(F)cc3)cs2)c1. The Hall–Kier alpha value is -2.40. The van der Waals surface area contributed by atoms with Gasteiger partial charge in [-0.05, 0) is 36.4 Å². The fourth-order valence-corrected chi connectivity index (χ4v) is 2.91. The predicted molar refractivity (Wildman–Crippen MR) is 86.0 cm³/mol. The molecule has 0 N–H and O–H groups in total. The van der Waals surface area contributed by atoms with E-state index in [-0.39, 0.29) is 5.82 Å². The second-order valence-electron chi connectivity index (χ2n) is 4.65. The molecule has 0 unspecified atom stereocenters. The number of ether oxygens (including phenoxy) is 2. The fraction of sp³-hybridized carbons (Fsp3) is 0.118. The van der Waals surface area contributed by atoms with E-state index in [1.165, 1.54) is 23.5 Å². The number of hydrogen-bond acceptors (Lipinski definition) is 4. The average Bonchev–Trinajstić information content (AvgIpc) is 3.05. The third-order valence-electron chi connectivity index (χ3n) is 3.24. The molecule has 22 heavy (non-hydrogen) atoms. The summed E-state index contributed by atoms with van der Waals surface area (Å²) in [7, 11) is 3.23. The lowest BCUT2D eigenvalue weighted by Gasteiger charge is -2.06. The zero-order valence-electron chi connectivity index (χ0n) is 12.2. The van der Waals surface area contributed by atoms with Crippen molar-refractivity contribution in [2.75, 3.05) is 14.2 Å². The van der Waals surface area contributed by atoms with Crippen LogP contribution in [0.3, 0.4) is 0 Å². The molecule has 0 saturated heterocycles. The minimum absolute atomic E-state index is 0.253. The third-order valence-corrected chi connectivity index (χ3v) is 4.13. The Kier molecular flexibility index (Phi) is 4.06. The van der Waals surface area contributed by atoms with Crippen molar-refractivity contribution in [2.45, 2.75) is 0 Å². The lowest BCUT2D eigenvalue weighted by Crippen LogP contribution is -1.88. The van der Waals surface area contributed by atoms with E-state index in [0.29, 0.717) is 11.5 Å². The molecule has 0 atom stereocenters. The largest absolute Gasteiger partial charge is 0.497 e. The Bertz CT molecular complexity index is 761. The van der Waals surface area contributed by atoms with Gasteiger partial charge in [-0.2, -0.15) is 0 Å². The van der Waals surface area contributed by atoms with Gasteiger partial charge in [-0.25, -0.2) is 9.37 Å². The molecule has 0 aliphatic carbocycles. The maximum atomic E-state index is 13.0. The van der Waals surface area contributed by atoms with Crippen LogP contribution in [-0.2, 0) is 0 Å². The molecule has 3 aromatic rings. The van der Waals surface area contributed by atoms with Gasteiger partial charge < -0.3 is 9.47 Å². The third kappa shape index (κ3) is 2.94. The first-order valence-corrected chi connectivity index (χ1v) is 7.52. The molecular formula is C17H14FNO2S. The Balaban J connectivity index is 1.98. The summed E-state index contributed by atoms with van der Waals surface area (Å²) in [4.78, 5) is 4.62. The standard InChI is InChI=1S/C17H14FNO2S/c1-20-14-7-12(8-15(9-14)21-2)17-19-16(10-22-17)11-3-5-13(18)6-4-11/h3-10H,1-2H3. The van der Waals surface area contributed by atoms with Gasteiger partial charge in [0.25, 0.3) is 0 Å². The Labute approximate surface area is 132 Å². The summed E-state index contributed by atoms with van der Waals surface area (Å²) in [6, 6.07) is 12.0. The summed E-state index contributed by atoms with van der Waals surface area (Å²) in [5, 5.41) is 2.81. The van der Waals surface area contributed by atoms with E-state index in [0.717, 1.165) is 21.8 Å². The van der Waals surface area contributed by atoms with E-state index in [2.05, 4.69) is 4.98 Å². The van der Waals surface area contributed by atoms with Crippen LogP contribution in [0.15, 0.2) is 47.8 Å². The molecule has 0 aliphatic heterocycles. The zero-order valence-corrected chi connectivity index (χ0v) is 13.0. The molecule has 2 aromatic carbocycles. The first-order chi connectivity index (χ1) is 10.7. The van der Waals surface area contributed by atoms with E-state index in [1.54, 1.807) is 26.4 Å². The Morgan fingerprint density at radius 1 is 0.909 bits per heavy atom. The normalized spacial score (nSPS) is 10.5. The van der Waals surface area contributed by atoms with Crippen molar-refractivity contribution in [3.05, 3.63) is 53.7 Å². The predicted octanol–water partition coefficient (Wildman–Crippen LogP) is 4.63. The monoisotopic (exact) mass is 315 g/mol. The highest BCUT2D eigenvalue weighted by molar-refractivity contribution is 7.13. The molecule has 0 spiro atoms. The number of methoxy groups -OCH3 is 2. The van der Waals surface area contributed by atoms with Crippen LogP contribution < -0.4 is 9.47 Å². The summed E-state index contributed by atoms with van der Waals surface area (Å²) in [6.07, 6.45) is 0. The van der Waals surface area contributed by atoms with E-state index in [4.69, 9.17) is 9.47 Å². The number of benzene rings is 2. The first-order valence-electron chi connectivity index (χ1n) is 6.64. The molecular weight excluding hydrogens is 301 g/mol. The van der Waals surface area contributed by atoms with E-state index in [9.17, 15) is 4.39 Å². The lowest BCUT2D eigenvalue weighted by molar-refractivity contribution is 0.394. The van der Waals surface area contributed by atoms with Gasteiger partial charge in [-0.1, -0.05) is 0 Å². The van der Waals surface area contributed by atoms with E-state index in [1.807, 2.05) is 23.6 Å². The summed E-state index contributed by atoms with van der Waals surface area (Å²) < 4.78 is 23.6. The maximum absolute atomic E-state index is 13.0. The average molecular weight is 315 g/mol. The van der Waals surface area contributed by atoms with Gasteiger partial charge in [0.2, 0.25) is 0 Å². The highest BCUT2D eigenvalue weighted by Crippen LogP contribution is 2.33. The summed E-state index contributed by atoms with van der Waals surface area (Å²) in [6.45, 7) is 0. The fourth-order valence-electron chi connectivity index (χ4n) is 2.09. The van der Waals surface area contributed by atoms with Crippen molar-refractivity contribution >= 4 is 11.3 Å². The smallest absolute Gasteiger partial charge is 0.124 e. The highest BCUT2D eigenvalue weighted by Gasteiger charge is 2.10. The number of rotatable bonds is 4. The van der Waals surface area contributed by atoms with E-state index < -0.39 is 0 Å². The van der Waals surface area contributed by atoms with Crippen LogP contribution in [0.1, 0.15) is 0 Å². The van der Waals surface area contributed by atoms with Crippen molar-refractivity contribution in [1.82, 2.24) is 4.98 Å². The minimum Gasteiger partial charge on any atom is -0.497 e. The Morgan fingerprint density at radius 2 is 1.55 bits per heavy atom. The van der Waals surface area contributed by atoms with Crippen molar-refractivity contribution in [2.24, 2.45) is 0 Å². The van der Waals surface area contributed by atoms with Crippen molar-refractivity contribution in [1.29, 1.82) is 0 Å². The van der Waals surface area contributed by atoms with Crippen molar-refractivity contribution in [3.63, 3.8) is 0 Å². The van der Waals surface area contributed by atoms with Gasteiger partial charge in [0.1, 0.15) is 22.3 Å². The van der Waals surface area contributed by atoms with Crippen LogP contribution in [0.2, 0.25) is 0 Å². The molecule has 0 saturated carbocycles. The highest BCUT2D eigenvalue weighted by atomic mass is 32.1. The molecule has 0 aliphatic rings. The van der Waals surface area contributed by atoms with Gasteiger partial charge in [-0.15, -0.1) is 11.3 Å². The Morgan fingerprint density at radius 3 is 2.14 bits per heavy atom. The number of nitrogens with zero attached hydrogens (tertiary/aromatic N) is 1. The van der Waals surface area contributed by atoms with Crippen LogP contribution >= 0.6 is 11.3 Å². The van der Waals surface area contributed by atoms with Gasteiger partial charge in [0.05, 0.1) is 19.9 Å². The first kappa shape index (κ1) is 14.5. The quantitative estimate of drug-likeness (QED) is 0.703. The minimum atomic E-state index is -0.253. The van der Waals surface area contributed by atoms with Crippen LogP contribution in [0, 0.1) is 5.82 Å². The van der Waals surface area contributed by atoms with Crippen LogP contribution in [0.4, 0.5) is 4.39 Å². The molecule has 0 bridgehead atoms. The number of halogens is 1. The van der Waals surface area contributed by atoms with Crippen LogP contribution in [-0.4, -0.2) is 19.2 Å². The molecule has 3 rings (SSSR count). The van der Waals surface area contributed by atoms with Gasteiger partial charge >= 0.3 is 0 Å². The zero-order chi connectivity index (χ0) is 15.5. The molecule has 3 nitrogen and oxygen atoms in total. The van der Waals surface area contributed by atoms with Crippen molar-refractivity contribution in [3.8, 4) is 33.3 Å². The summed E-state index contributed by atoms with van der Waals surface area (Å²) >= 11 is 1.52. The van der Waals surface area contributed by atoms with Gasteiger partial charge in [0.15, 0.2) is 0 Å².